The molecule has 1 heterocycles. The number of hydrogen-bond acceptors (Lipinski definition) is 4. The van der Waals surface area contributed by atoms with Gasteiger partial charge in [-0.05, 0) is 78.6 Å². The normalized spacial score (nSPS) is 30.8. The highest BCUT2D eigenvalue weighted by Gasteiger charge is 2.67. The number of halogens is 1. The molecule has 0 N–H and O–H groups in total. The Balaban J connectivity index is 1.33. The minimum absolute atomic E-state index is 0.118. The largest absolute Gasteiger partial charge is 0.497 e. The highest BCUT2D eigenvalue weighted by atomic mass is 35.5. The van der Waals surface area contributed by atoms with Gasteiger partial charge in [0.25, 0.3) is 5.91 Å². The molecule has 0 aromatic heterocycles. The van der Waals surface area contributed by atoms with Crippen molar-refractivity contribution in [3.05, 3.63) is 71.3 Å². The van der Waals surface area contributed by atoms with Crippen LogP contribution in [-0.2, 0) is 9.59 Å². The molecule has 3 fully saturated rings. The summed E-state index contributed by atoms with van der Waals surface area (Å²) in [6, 6.07) is 13.6. The molecule has 0 unspecified atom stereocenters. The van der Waals surface area contributed by atoms with Crippen LogP contribution in [0.4, 0.5) is 5.69 Å². The molecule has 7 rings (SSSR count). The molecule has 4 aliphatic carbocycles. The Morgan fingerprint density at radius 2 is 1.55 bits per heavy atom. The second-order valence-corrected chi connectivity index (χ2v) is 9.78. The molecule has 2 aromatic carbocycles. The number of imide groups is 1. The van der Waals surface area contributed by atoms with E-state index in [0.29, 0.717) is 33.9 Å². The lowest BCUT2D eigenvalue weighted by Crippen LogP contribution is -2.45. The lowest BCUT2D eigenvalue weighted by atomic mass is 9.63. The number of nitrogens with zero attached hydrogens (tertiary/aromatic N) is 2. The van der Waals surface area contributed by atoms with Crippen LogP contribution < -0.4 is 9.64 Å². The summed E-state index contributed by atoms with van der Waals surface area (Å²) in [5, 5.41) is 0.526. The van der Waals surface area contributed by atoms with Gasteiger partial charge in [-0.3, -0.25) is 24.2 Å². The summed E-state index contributed by atoms with van der Waals surface area (Å²) in [5.74, 6) is 0.807. The Hall–Kier alpha value is -3.12. The Bertz CT molecular complexity index is 1140. The van der Waals surface area contributed by atoms with Gasteiger partial charge in [-0.1, -0.05) is 23.8 Å². The molecule has 33 heavy (non-hydrogen) atoms. The van der Waals surface area contributed by atoms with Crippen LogP contribution in [0, 0.1) is 35.5 Å². The SMILES string of the molecule is COc1ccc(N(CN2C(=O)[C@H]3[C@@H]4C=C[C@@H]([C@H]5C[C@H]45)[C@@H]3C2=O)C(=O)c2ccc(Cl)cc2)cc1. The quantitative estimate of drug-likeness (QED) is 0.497. The molecule has 7 heteroatoms. The van der Waals surface area contributed by atoms with Crippen molar-refractivity contribution in [2.45, 2.75) is 6.42 Å². The number of rotatable bonds is 5. The second-order valence-electron chi connectivity index (χ2n) is 9.34. The number of methoxy groups -OCH3 is 1. The fourth-order valence-corrected chi connectivity index (χ4v) is 6.20. The monoisotopic (exact) mass is 462 g/mol. The second kappa shape index (κ2) is 7.45. The maximum Gasteiger partial charge on any atom is 0.259 e. The maximum absolute atomic E-state index is 13.5. The summed E-state index contributed by atoms with van der Waals surface area (Å²) in [6.07, 6.45) is 5.41. The number of amides is 3. The van der Waals surface area contributed by atoms with Crippen LogP contribution in [0.1, 0.15) is 16.8 Å². The minimum Gasteiger partial charge on any atom is -0.497 e. The van der Waals surface area contributed by atoms with Crippen LogP contribution in [0.5, 0.6) is 5.75 Å². The van der Waals surface area contributed by atoms with Gasteiger partial charge in [0, 0.05) is 16.3 Å². The molecule has 5 aliphatic rings. The lowest BCUT2D eigenvalue weighted by molar-refractivity contribution is -0.140. The van der Waals surface area contributed by atoms with E-state index in [1.165, 1.54) is 9.80 Å². The molecule has 6 atom stereocenters. The summed E-state index contributed by atoms with van der Waals surface area (Å²) in [6.45, 7) is -0.118. The van der Waals surface area contributed by atoms with Gasteiger partial charge in [0.2, 0.25) is 11.8 Å². The lowest BCUT2D eigenvalue weighted by Gasteiger charge is -2.37. The van der Waals surface area contributed by atoms with E-state index in [4.69, 9.17) is 16.3 Å². The maximum atomic E-state index is 13.5. The number of allylic oxidation sites excluding steroid dienone is 2. The molecule has 168 valence electrons. The fraction of sp³-hybridized carbons (Fsp3) is 0.346. The number of anilines is 1. The summed E-state index contributed by atoms with van der Waals surface area (Å²) < 4.78 is 5.24. The predicted molar refractivity (Wildman–Crippen MR) is 123 cm³/mol. The van der Waals surface area contributed by atoms with Crippen LogP contribution in [0.2, 0.25) is 5.02 Å². The number of carbonyl (C=O) groups is 3. The van der Waals surface area contributed by atoms with Gasteiger partial charge in [0.15, 0.2) is 0 Å². The van der Waals surface area contributed by atoms with E-state index in [1.54, 1.807) is 55.6 Å². The van der Waals surface area contributed by atoms with E-state index in [1.807, 2.05) is 0 Å². The number of ether oxygens (including phenoxy) is 1. The van der Waals surface area contributed by atoms with Gasteiger partial charge in [0.1, 0.15) is 12.4 Å². The first-order chi connectivity index (χ1) is 16.0. The third-order valence-electron chi connectivity index (χ3n) is 7.76. The molecule has 2 bridgehead atoms. The van der Waals surface area contributed by atoms with E-state index in [9.17, 15) is 14.4 Å². The van der Waals surface area contributed by atoms with Crippen LogP contribution in [0.25, 0.3) is 0 Å². The van der Waals surface area contributed by atoms with Crippen molar-refractivity contribution < 1.29 is 19.1 Å². The molecular formula is C26H23ClN2O4. The first kappa shape index (κ1) is 20.5. The van der Waals surface area contributed by atoms with Crippen molar-refractivity contribution >= 4 is 35.0 Å². The smallest absolute Gasteiger partial charge is 0.259 e. The van der Waals surface area contributed by atoms with Crippen LogP contribution in [-0.4, -0.2) is 36.4 Å². The standard InChI is InChI=1S/C26H23ClN2O4/c1-33-17-8-6-16(7-9-17)28(24(30)14-2-4-15(27)5-3-14)13-29-25(31)22-18-10-11-19(21-12-20(18)21)23(22)26(29)32/h2-11,18-23H,12-13H2,1H3/t18-,19+,20-,21-,22+,23+/m1/s1. The molecule has 2 aromatic rings. The number of hydrogen-bond donors (Lipinski definition) is 0. The highest BCUT2D eigenvalue weighted by molar-refractivity contribution is 6.30. The van der Waals surface area contributed by atoms with Gasteiger partial charge >= 0.3 is 0 Å². The molecule has 1 saturated heterocycles. The Labute approximate surface area is 196 Å². The van der Waals surface area contributed by atoms with E-state index in [-0.39, 0.29) is 48.1 Å². The van der Waals surface area contributed by atoms with Crippen LogP contribution in [0.3, 0.4) is 0 Å². The van der Waals surface area contributed by atoms with E-state index >= 15 is 0 Å². The van der Waals surface area contributed by atoms with Crippen molar-refractivity contribution in [1.82, 2.24) is 4.90 Å². The van der Waals surface area contributed by atoms with E-state index in [2.05, 4.69) is 12.2 Å². The Kier molecular flexibility index (Phi) is 4.63. The Morgan fingerprint density at radius 1 is 0.970 bits per heavy atom. The predicted octanol–water partition coefficient (Wildman–Crippen LogP) is 4.01. The number of carbonyl (C=O) groups excluding carboxylic acids is 3. The zero-order chi connectivity index (χ0) is 22.9. The molecule has 6 nitrogen and oxygen atoms in total. The fourth-order valence-electron chi connectivity index (χ4n) is 6.07. The molecule has 2 saturated carbocycles. The third-order valence-corrected chi connectivity index (χ3v) is 8.01. The van der Waals surface area contributed by atoms with Crippen molar-refractivity contribution in [2.75, 3.05) is 18.7 Å². The van der Waals surface area contributed by atoms with Crippen LogP contribution >= 0.6 is 11.6 Å². The van der Waals surface area contributed by atoms with Gasteiger partial charge < -0.3 is 4.74 Å². The van der Waals surface area contributed by atoms with Crippen molar-refractivity contribution in [1.29, 1.82) is 0 Å². The van der Waals surface area contributed by atoms with E-state index < -0.39 is 0 Å². The van der Waals surface area contributed by atoms with Gasteiger partial charge in [-0.2, -0.15) is 0 Å². The zero-order valence-electron chi connectivity index (χ0n) is 18.1. The molecule has 3 amide bonds. The summed E-state index contributed by atoms with van der Waals surface area (Å²) in [7, 11) is 1.57. The number of likely N-dealkylation sites (tertiary alicyclic amines) is 1. The molecule has 0 spiro atoms. The molecule has 0 radical (unpaired) electrons. The van der Waals surface area contributed by atoms with Gasteiger partial charge in [-0.25, -0.2) is 0 Å². The summed E-state index contributed by atoms with van der Waals surface area (Å²) in [5.41, 5.74) is 1.00. The average molecular weight is 463 g/mol. The highest BCUT2D eigenvalue weighted by Crippen LogP contribution is 2.65. The first-order valence-electron chi connectivity index (χ1n) is 11.2. The van der Waals surface area contributed by atoms with Gasteiger partial charge in [0.05, 0.1) is 18.9 Å². The third kappa shape index (κ3) is 3.11. The zero-order valence-corrected chi connectivity index (χ0v) is 18.8. The summed E-state index contributed by atoms with van der Waals surface area (Å²) >= 11 is 6.00. The minimum atomic E-state index is -0.309. The molecule has 1 aliphatic heterocycles. The van der Waals surface area contributed by atoms with Crippen molar-refractivity contribution in [3.8, 4) is 5.75 Å². The van der Waals surface area contributed by atoms with E-state index in [0.717, 1.165) is 6.42 Å². The Morgan fingerprint density at radius 3 is 2.09 bits per heavy atom. The topological polar surface area (TPSA) is 66.9 Å². The first-order valence-corrected chi connectivity index (χ1v) is 11.6. The van der Waals surface area contributed by atoms with Crippen molar-refractivity contribution in [2.24, 2.45) is 35.5 Å². The molecular weight excluding hydrogens is 440 g/mol. The van der Waals surface area contributed by atoms with Crippen LogP contribution in [0.15, 0.2) is 60.7 Å². The number of benzene rings is 2. The average Bonchev–Trinajstić information content (AvgIpc) is 3.63. The van der Waals surface area contributed by atoms with Gasteiger partial charge in [-0.15, -0.1) is 0 Å². The summed E-state index contributed by atoms with van der Waals surface area (Å²) in [4.78, 5) is 43.2. The van der Waals surface area contributed by atoms with Crippen molar-refractivity contribution in [3.63, 3.8) is 0 Å².